The zero-order valence-electron chi connectivity index (χ0n) is 9.95. The fraction of sp³-hybridized carbons (Fsp3) is 0.833. The molecule has 0 unspecified atom stereocenters. The van der Waals surface area contributed by atoms with Gasteiger partial charge in [0.2, 0.25) is 5.91 Å². The summed E-state index contributed by atoms with van der Waals surface area (Å²) in [6, 6.07) is 0. The van der Waals surface area contributed by atoms with Crippen LogP contribution in [0.3, 0.4) is 0 Å². The molecule has 0 bridgehead atoms. The topological polar surface area (TPSA) is 57.6 Å². The van der Waals surface area contributed by atoms with Gasteiger partial charge in [0.15, 0.2) is 0 Å². The zero-order valence-corrected chi connectivity index (χ0v) is 9.95. The lowest BCUT2D eigenvalue weighted by Crippen LogP contribution is -2.33. The molecule has 0 atom stereocenters. The number of carboxylic acid groups (broad SMARTS) is 1. The van der Waals surface area contributed by atoms with Crippen LogP contribution in [0.4, 0.5) is 0 Å². The second-order valence-electron chi connectivity index (χ2n) is 4.71. The van der Waals surface area contributed by atoms with Gasteiger partial charge in [-0.15, -0.1) is 0 Å². The summed E-state index contributed by atoms with van der Waals surface area (Å²) in [6.07, 6.45) is 7.72. The number of nitrogens with zero attached hydrogens (tertiary/aromatic N) is 1. The molecular formula is C12H21NO3. The standard InChI is InChI=1S/C12H21NO3/c1-13(9-12(15)16)11(14)8-10-6-4-2-3-5-7-10/h10H,2-9H2,1H3,(H,15,16). The van der Waals surface area contributed by atoms with Crippen LogP contribution in [0.1, 0.15) is 44.9 Å². The Morgan fingerprint density at radius 2 is 1.75 bits per heavy atom. The molecule has 1 N–H and O–H groups in total. The Balaban J connectivity index is 2.34. The number of aliphatic carboxylic acids is 1. The van der Waals surface area contributed by atoms with Gasteiger partial charge >= 0.3 is 5.97 Å². The van der Waals surface area contributed by atoms with E-state index >= 15 is 0 Å². The molecule has 0 aromatic rings. The minimum Gasteiger partial charge on any atom is -0.480 e. The molecule has 4 heteroatoms. The summed E-state index contributed by atoms with van der Waals surface area (Å²) >= 11 is 0. The van der Waals surface area contributed by atoms with Crippen molar-refractivity contribution in [2.75, 3.05) is 13.6 Å². The van der Waals surface area contributed by atoms with Gasteiger partial charge in [-0.3, -0.25) is 9.59 Å². The lowest BCUT2D eigenvalue weighted by molar-refractivity contribution is -0.143. The molecule has 92 valence electrons. The third kappa shape index (κ3) is 4.64. The molecule has 1 rings (SSSR count). The van der Waals surface area contributed by atoms with Gasteiger partial charge in [-0.05, 0) is 18.8 Å². The molecule has 1 fully saturated rings. The van der Waals surface area contributed by atoms with Gasteiger partial charge in [0.1, 0.15) is 6.54 Å². The van der Waals surface area contributed by atoms with E-state index in [9.17, 15) is 9.59 Å². The van der Waals surface area contributed by atoms with Crippen molar-refractivity contribution in [1.82, 2.24) is 4.90 Å². The number of amides is 1. The number of carbonyl (C=O) groups is 2. The Labute approximate surface area is 96.6 Å². The SMILES string of the molecule is CN(CC(=O)O)C(=O)CC1CCCCCC1. The predicted octanol–water partition coefficient (Wildman–Crippen LogP) is 1.89. The van der Waals surface area contributed by atoms with Gasteiger partial charge < -0.3 is 10.0 Å². The molecule has 0 aromatic heterocycles. The van der Waals surface area contributed by atoms with Crippen LogP contribution in [-0.2, 0) is 9.59 Å². The highest BCUT2D eigenvalue weighted by atomic mass is 16.4. The van der Waals surface area contributed by atoms with Crippen LogP contribution < -0.4 is 0 Å². The number of hydrogen-bond acceptors (Lipinski definition) is 2. The molecule has 1 aliphatic rings. The molecule has 1 aliphatic carbocycles. The summed E-state index contributed by atoms with van der Waals surface area (Å²) in [5.41, 5.74) is 0. The van der Waals surface area contributed by atoms with Crippen molar-refractivity contribution in [1.29, 1.82) is 0 Å². The molecule has 16 heavy (non-hydrogen) atoms. The normalized spacial score (nSPS) is 17.8. The van der Waals surface area contributed by atoms with Crippen LogP contribution in [0.2, 0.25) is 0 Å². The van der Waals surface area contributed by atoms with Crippen LogP contribution in [0.15, 0.2) is 0 Å². The van der Waals surface area contributed by atoms with E-state index in [0.29, 0.717) is 12.3 Å². The Kier molecular flexibility index (Phi) is 5.29. The maximum Gasteiger partial charge on any atom is 0.323 e. The van der Waals surface area contributed by atoms with Gasteiger partial charge in [0, 0.05) is 13.5 Å². The van der Waals surface area contributed by atoms with Crippen LogP contribution in [0, 0.1) is 5.92 Å². The van der Waals surface area contributed by atoms with Crippen LogP contribution in [0.25, 0.3) is 0 Å². The molecule has 1 saturated carbocycles. The highest BCUT2D eigenvalue weighted by Gasteiger charge is 2.19. The summed E-state index contributed by atoms with van der Waals surface area (Å²) in [7, 11) is 1.56. The van der Waals surface area contributed by atoms with Gasteiger partial charge in [-0.2, -0.15) is 0 Å². The molecule has 0 aliphatic heterocycles. The summed E-state index contributed by atoms with van der Waals surface area (Å²) in [5.74, 6) is -0.516. The Bertz CT molecular complexity index is 245. The number of carboxylic acids is 1. The van der Waals surface area contributed by atoms with Gasteiger partial charge in [-0.1, -0.05) is 25.7 Å². The largest absolute Gasteiger partial charge is 0.480 e. The van der Waals surface area contributed by atoms with Crippen molar-refractivity contribution in [3.05, 3.63) is 0 Å². The minimum absolute atomic E-state index is 0.0331. The summed E-state index contributed by atoms with van der Waals surface area (Å²) in [4.78, 5) is 23.5. The van der Waals surface area contributed by atoms with Crippen molar-refractivity contribution in [2.45, 2.75) is 44.9 Å². The van der Waals surface area contributed by atoms with Crippen molar-refractivity contribution < 1.29 is 14.7 Å². The maximum atomic E-state index is 11.7. The van der Waals surface area contributed by atoms with E-state index < -0.39 is 5.97 Å². The summed E-state index contributed by atoms with van der Waals surface area (Å²) in [5, 5.41) is 8.59. The van der Waals surface area contributed by atoms with Gasteiger partial charge in [0.25, 0.3) is 0 Å². The second-order valence-corrected chi connectivity index (χ2v) is 4.71. The first kappa shape index (κ1) is 13.0. The molecule has 0 heterocycles. The van der Waals surface area contributed by atoms with Crippen LogP contribution in [0.5, 0.6) is 0 Å². The molecule has 0 spiro atoms. The van der Waals surface area contributed by atoms with E-state index in [-0.39, 0.29) is 12.5 Å². The van der Waals surface area contributed by atoms with E-state index in [0.717, 1.165) is 12.8 Å². The fourth-order valence-electron chi connectivity index (χ4n) is 2.26. The molecule has 0 saturated heterocycles. The van der Waals surface area contributed by atoms with E-state index in [4.69, 9.17) is 5.11 Å². The Morgan fingerprint density at radius 1 is 1.19 bits per heavy atom. The van der Waals surface area contributed by atoms with Gasteiger partial charge in [-0.25, -0.2) is 0 Å². The average Bonchev–Trinajstić information content (AvgIpc) is 2.45. The van der Waals surface area contributed by atoms with Crippen molar-refractivity contribution in [3.63, 3.8) is 0 Å². The zero-order chi connectivity index (χ0) is 12.0. The summed E-state index contributed by atoms with van der Waals surface area (Å²) < 4.78 is 0. The van der Waals surface area contributed by atoms with E-state index in [1.807, 2.05) is 0 Å². The van der Waals surface area contributed by atoms with Crippen LogP contribution in [-0.4, -0.2) is 35.5 Å². The monoisotopic (exact) mass is 227 g/mol. The fourth-order valence-corrected chi connectivity index (χ4v) is 2.26. The minimum atomic E-state index is -0.947. The molecule has 0 radical (unpaired) electrons. The quantitative estimate of drug-likeness (QED) is 0.746. The number of likely N-dealkylation sites (N-methyl/N-ethyl adjacent to an activating group) is 1. The van der Waals surface area contributed by atoms with E-state index in [1.165, 1.54) is 30.6 Å². The first-order valence-electron chi connectivity index (χ1n) is 6.05. The predicted molar refractivity (Wildman–Crippen MR) is 61.1 cm³/mol. The first-order chi connectivity index (χ1) is 7.59. The van der Waals surface area contributed by atoms with Crippen molar-refractivity contribution in [3.8, 4) is 0 Å². The van der Waals surface area contributed by atoms with Crippen molar-refractivity contribution in [2.24, 2.45) is 5.92 Å². The van der Waals surface area contributed by atoms with Gasteiger partial charge in [0.05, 0.1) is 0 Å². The average molecular weight is 227 g/mol. The molecule has 4 nitrogen and oxygen atoms in total. The lowest BCUT2D eigenvalue weighted by atomic mass is 9.96. The third-order valence-electron chi connectivity index (χ3n) is 3.24. The first-order valence-corrected chi connectivity index (χ1v) is 6.05. The Morgan fingerprint density at radius 3 is 2.25 bits per heavy atom. The molecule has 0 aromatic carbocycles. The van der Waals surface area contributed by atoms with Crippen molar-refractivity contribution >= 4 is 11.9 Å². The molecular weight excluding hydrogens is 206 g/mol. The Hall–Kier alpha value is -1.06. The second kappa shape index (κ2) is 6.51. The molecule has 1 amide bonds. The number of rotatable bonds is 4. The summed E-state index contributed by atoms with van der Waals surface area (Å²) in [6.45, 7) is -0.189. The number of carbonyl (C=O) groups excluding carboxylic acids is 1. The van der Waals surface area contributed by atoms with E-state index in [1.54, 1.807) is 7.05 Å². The highest BCUT2D eigenvalue weighted by molar-refractivity contribution is 5.81. The highest BCUT2D eigenvalue weighted by Crippen LogP contribution is 2.25. The smallest absolute Gasteiger partial charge is 0.323 e. The maximum absolute atomic E-state index is 11.7. The lowest BCUT2D eigenvalue weighted by Gasteiger charge is -2.19. The van der Waals surface area contributed by atoms with E-state index in [2.05, 4.69) is 0 Å². The third-order valence-corrected chi connectivity index (χ3v) is 3.24. The number of hydrogen-bond donors (Lipinski definition) is 1. The van der Waals surface area contributed by atoms with Crippen LogP contribution >= 0.6 is 0 Å².